The Hall–Kier alpha value is -3.33. The molecule has 0 unspecified atom stereocenters. The summed E-state index contributed by atoms with van der Waals surface area (Å²) in [6.45, 7) is 9.64. The van der Waals surface area contributed by atoms with Gasteiger partial charge in [-0.05, 0) is 39.8 Å². The van der Waals surface area contributed by atoms with Gasteiger partial charge in [0.25, 0.3) is 5.91 Å². The highest BCUT2D eigenvalue weighted by Gasteiger charge is 2.15. The fourth-order valence-corrected chi connectivity index (χ4v) is 3.54. The predicted molar refractivity (Wildman–Crippen MR) is 116 cm³/mol. The van der Waals surface area contributed by atoms with Gasteiger partial charge in [0.05, 0.1) is 47.6 Å². The van der Waals surface area contributed by atoms with Gasteiger partial charge in [0, 0.05) is 24.0 Å². The van der Waals surface area contributed by atoms with E-state index in [2.05, 4.69) is 27.5 Å². The van der Waals surface area contributed by atoms with E-state index in [9.17, 15) is 4.79 Å². The average Bonchev–Trinajstić information content (AvgIpc) is 3.51. The van der Waals surface area contributed by atoms with Crippen LogP contribution in [0, 0.1) is 20.8 Å². The number of halogens is 1. The molecule has 10 heteroatoms. The number of hydrogen-bond acceptors (Lipinski definition) is 5. The Balaban J connectivity index is 1.40. The Kier molecular flexibility index (Phi) is 5.69. The minimum absolute atomic E-state index is 0.218. The number of aryl methyl sites for hydroxylation is 2. The molecule has 0 aliphatic heterocycles. The molecule has 0 bridgehead atoms. The second-order valence-corrected chi connectivity index (χ2v) is 7.74. The highest BCUT2D eigenvalue weighted by atomic mass is 35.5. The van der Waals surface area contributed by atoms with Gasteiger partial charge in [-0.25, -0.2) is 0 Å². The molecule has 1 amide bonds. The summed E-state index contributed by atoms with van der Waals surface area (Å²) in [6.07, 6.45) is 5.24. The lowest BCUT2D eigenvalue weighted by atomic mass is 10.2. The maximum Gasteiger partial charge on any atom is 0.291 e. The molecule has 9 nitrogen and oxygen atoms in total. The molecule has 4 heterocycles. The number of aromatic nitrogens is 6. The van der Waals surface area contributed by atoms with E-state index in [1.54, 1.807) is 33.9 Å². The van der Waals surface area contributed by atoms with Gasteiger partial charge in [-0.3, -0.25) is 18.8 Å². The quantitative estimate of drug-likeness (QED) is 0.470. The minimum Gasteiger partial charge on any atom is -0.454 e. The molecule has 4 rings (SSSR count). The van der Waals surface area contributed by atoms with Crippen molar-refractivity contribution in [3.63, 3.8) is 0 Å². The van der Waals surface area contributed by atoms with Crippen LogP contribution in [0.1, 0.15) is 45.9 Å². The number of rotatable bonds is 7. The van der Waals surface area contributed by atoms with Crippen molar-refractivity contribution in [2.24, 2.45) is 0 Å². The molecule has 1 N–H and O–H groups in total. The van der Waals surface area contributed by atoms with E-state index in [-0.39, 0.29) is 11.7 Å². The number of carbonyl (C=O) groups is 1. The van der Waals surface area contributed by atoms with Crippen molar-refractivity contribution in [1.82, 2.24) is 29.3 Å². The zero-order chi connectivity index (χ0) is 22.1. The Morgan fingerprint density at radius 1 is 1.10 bits per heavy atom. The third-order valence-corrected chi connectivity index (χ3v) is 5.76. The molecule has 0 aliphatic carbocycles. The first kappa shape index (κ1) is 20.9. The van der Waals surface area contributed by atoms with E-state index in [1.807, 2.05) is 31.6 Å². The molecule has 0 saturated carbocycles. The topological polar surface area (TPSA) is 95.7 Å². The maximum absolute atomic E-state index is 12.6. The van der Waals surface area contributed by atoms with Gasteiger partial charge in [-0.2, -0.15) is 15.3 Å². The molecule has 4 aromatic rings. The van der Waals surface area contributed by atoms with Gasteiger partial charge < -0.3 is 9.73 Å². The van der Waals surface area contributed by atoms with Crippen molar-refractivity contribution in [3.05, 3.63) is 69.9 Å². The average molecular weight is 442 g/mol. The third kappa shape index (κ3) is 4.27. The van der Waals surface area contributed by atoms with Crippen LogP contribution in [0.5, 0.6) is 0 Å². The smallest absolute Gasteiger partial charge is 0.291 e. The SMILES string of the molecule is CCn1ncc(Cn2cc(NC(=O)c3ccc(Cn4nc(C)c(Cl)c4C)o3)cn2)c1C. The highest BCUT2D eigenvalue weighted by Crippen LogP contribution is 2.21. The van der Waals surface area contributed by atoms with Gasteiger partial charge in [0.15, 0.2) is 5.76 Å². The number of nitrogens with zero attached hydrogens (tertiary/aromatic N) is 6. The maximum atomic E-state index is 12.6. The number of hydrogen-bond donors (Lipinski definition) is 1. The predicted octanol–water partition coefficient (Wildman–Crippen LogP) is 3.82. The summed E-state index contributed by atoms with van der Waals surface area (Å²) in [7, 11) is 0. The monoisotopic (exact) mass is 441 g/mol. The van der Waals surface area contributed by atoms with Crippen LogP contribution in [0.4, 0.5) is 5.69 Å². The molecule has 0 aromatic carbocycles. The summed E-state index contributed by atoms with van der Waals surface area (Å²) in [6, 6.07) is 3.40. The van der Waals surface area contributed by atoms with Crippen molar-refractivity contribution in [2.75, 3.05) is 5.32 Å². The van der Waals surface area contributed by atoms with Gasteiger partial charge in [0.2, 0.25) is 0 Å². The molecule has 162 valence electrons. The van der Waals surface area contributed by atoms with Crippen LogP contribution in [0.3, 0.4) is 0 Å². The Morgan fingerprint density at radius 2 is 1.90 bits per heavy atom. The van der Waals surface area contributed by atoms with E-state index in [0.29, 0.717) is 29.6 Å². The molecule has 4 aromatic heterocycles. The second-order valence-electron chi connectivity index (χ2n) is 7.36. The lowest BCUT2D eigenvalue weighted by molar-refractivity contribution is 0.0994. The Bertz CT molecular complexity index is 1230. The summed E-state index contributed by atoms with van der Waals surface area (Å²) in [4.78, 5) is 12.6. The summed E-state index contributed by atoms with van der Waals surface area (Å²) in [5, 5.41) is 16.5. The molecule has 0 saturated heterocycles. The first-order valence-corrected chi connectivity index (χ1v) is 10.4. The second kappa shape index (κ2) is 8.43. The molecular weight excluding hydrogens is 418 g/mol. The van der Waals surface area contributed by atoms with Crippen LogP contribution < -0.4 is 5.32 Å². The normalized spacial score (nSPS) is 11.3. The van der Waals surface area contributed by atoms with Crippen LogP contribution in [0.25, 0.3) is 0 Å². The van der Waals surface area contributed by atoms with Crippen LogP contribution >= 0.6 is 11.6 Å². The van der Waals surface area contributed by atoms with Crippen LogP contribution in [0.2, 0.25) is 5.02 Å². The standard InChI is InChI=1S/C21H24ClN7O2/c1-5-28-14(3)16(8-24-28)10-27-11-17(9-23-27)25-21(30)19-7-6-18(31-19)12-29-15(4)20(22)13(2)26-29/h6-9,11H,5,10,12H2,1-4H3,(H,25,30). The molecular formula is C21H24ClN7O2. The van der Waals surface area contributed by atoms with E-state index in [0.717, 1.165) is 29.2 Å². The van der Waals surface area contributed by atoms with Gasteiger partial charge in [0.1, 0.15) is 5.76 Å². The highest BCUT2D eigenvalue weighted by molar-refractivity contribution is 6.31. The summed E-state index contributed by atoms with van der Waals surface area (Å²) >= 11 is 6.19. The molecule has 0 fully saturated rings. The van der Waals surface area contributed by atoms with E-state index >= 15 is 0 Å². The fourth-order valence-electron chi connectivity index (χ4n) is 3.40. The summed E-state index contributed by atoms with van der Waals surface area (Å²) in [5.41, 5.74) is 4.40. The van der Waals surface area contributed by atoms with Gasteiger partial charge in [-0.15, -0.1) is 0 Å². The summed E-state index contributed by atoms with van der Waals surface area (Å²) < 4.78 is 11.2. The number of nitrogens with one attached hydrogen (secondary N) is 1. The lowest BCUT2D eigenvalue weighted by Gasteiger charge is -2.03. The molecule has 0 radical (unpaired) electrons. The first-order valence-electron chi connectivity index (χ1n) is 9.99. The Labute approximate surface area is 184 Å². The van der Waals surface area contributed by atoms with Crippen molar-refractivity contribution in [1.29, 1.82) is 0 Å². The number of furan rings is 1. The summed E-state index contributed by atoms with van der Waals surface area (Å²) in [5.74, 6) is 0.495. The van der Waals surface area contributed by atoms with Crippen molar-refractivity contribution in [3.8, 4) is 0 Å². The zero-order valence-electron chi connectivity index (χ0n) is 17.9. The van der Waals surface area contributed by atoms with E-state index in [1.165, 1.54) is 0 Å². The van der Waals surface area contributed by atoms with Crippen LogP contribution in [-0.4, -0.2) is 35.2 Å². The largest absolute Gasteiger partial charge is 0.454 e. The van der Waals surface area contributed by atoms with Crippen molar-refractivity contribution in [2.45, 2.75) is 47.3 Å². The van der Waals surface area contributed by atoms with E-state index in [4.69, 9.17) is 16.0 Å². The van der Waals surface area contributed by atoms with Crippen LogP contribution in [-0.2, 0) is 19.6 Å². The zero-order valence-corrected chi connectivity index (χ0v) is 18.6. The number of anilines is 1. The molecule has 0 aliphatic rings. The molecule has 0 atom stereocenters. The van der Waals surface area contributed by atoms with Crippen molar-refractivity contribution < 1.29 is 9.21 Å². The van der Waals surface area contributed by atoms with Crippen LogP contribution in [0.15, 0.2) is 35.1 Å². The van der Waals surface area contributed by atoms with Crippen molar-refractivity contribution >= 4 is 23.2 Å². The minimum atomic E-state index is -0.341. The first-order chi connectivity index (χ1) is 14.9. The molecule has 0 spiro atoms. The Morgan fingerprint density at radius 3 is 2.58 bits per heavy atom. The van der Waals surface area contributed by atoms with Gasteiger partial charge in [-0.1, -0.05) is 11.6 Å². The van der Waals surface area contributed by atoms with E-state index < -0.39 is 0 Å². The molecule has 31 heavy (non-hydrogen) atoms. The lowest BCUT2D eigenvalue weighted by Crippen LogP contribution is -2.10. The third-order valence-electron chi connectivity index (χ3n) is 5.21. The number of carbonyl (C=O) groups excluding carboxylic acids is 1. The fraction of sp³-hybridized carbons (Fsp3) is 0.333. The van der Waals surface area contributed by atoms with Gasteiger partial charge >= 0.3 is 0 Å². The number of amides is 1.